The van der Waals surface area contributed by atoms with Crippen molar-refractivity contribution in [2.45, 2.75) is 26.4 Å². The Kier molecular flexibility index (Phi) is 5.15. The largest absolute Gasteiger partial charge is 0.379 e. The predicted octanol–water partition coefficient (Wildman–Crippen LogP) is 1.58. The molecule has 1 aliphatic rings. The summed E-state index contributed by atoms with van der Waals surface area (Å²) in [6.07, 6.45) is 0. The van der Waals surface area contributed by atoms with Crippen molar-refractivity contribution in [3.63, 3.8) is 0 Å². The van der Waals surface area contributed by atoms with Gasteiger partial charge in [0.15, 0.2) is 0 Å². The maximum absolute atomic E-state index is 12.5. The number of rotatable bonds is 5. The number of ether oxygens (including phenoxy) is 1. The SMILES string of the molecule is CCNC1COCC1C(=O)N(C)Cc1cccc(C)c1. The van der Waals surface area contributed by atoms with Gasteiger partial charge in [0.2, 0.25) is 5.91 Å². The molecule has 0 aliphatic carbocycles. The lowest BCUT2D eigenvalue weighted by Crippen LogP contribution is -2.44. The molecule has 20 heavy (non-hydrogen) atoms. The molecule has 1 aliphatic heterocycles. The molecule has 2 unspecified atom stereocenters. The van der Waals surface area contributed by atoms with Gasteiger partial charge in [0, 0.05) is 19.6 Å². The summed E-state index contributed by atoms with van der Waals surface area (Å²) < 4.78 is 5.45. The highest BCUT2D eigenvalue weighted by molar-refractivity contribution is 5.79. The van der Waals surface area contributed by atoms with Gasteiger partial charge in [-0.15, -0.1) is 0 Å². The molecular weight excluding hydrogens is 252 g/mol. The summed E-state index contributed by atoms with van der Waals surface area (Å²) >= 11 is 0. The van der Waals surface area contributed by atoms with E-state index in [1.807, 2.05) is 13.1 Å². The second-order valence-electron chi connectivity index (χ2n) is 5.49. The molecule has 1 amide bonds. The van der Waals surface area contributed by atoms with Crippen molar-refractivity contribution in [1.82, 2.24) is 10.2 Å². The molecule has 1 fully saturated rings. The fourth-order valence-electron chi connectivity index (χ4n) is 2.71. The van der Waals surface area contributed by atoms with Crippen LogP contribution in [0.1, 0.15) is 18.1 Å². The molecule has 0 saturated carbocycles. The molecule has 4 nitrogen and oxygen atoms in total. The standard InChI is InChI=1S/C16H24N2O2/c1-4-17-15-11-20-10-14(15)16(19)18(3)9-13-7-5-6-12(2)8-13/h5-8,14-15,17H,4,9-11H2,1-3H3. The van der Waals surface area contributed by atoms with Crippen LogP contribution < -0.4 is 5.32 Å². The van der Waals surface area contributed by atoms with E-state index >= 15 is 0 Å². The van der Waals surface area contributed by atoms with E-state index in [-0.39, 0.29) is 17.9 Å². The van der Waals surface area contributed by atoms with Crippen LogP contribution in [-0.2, 0) is 16.1 Å². The van der Waals surface area contributed by atoms with Gasteiger partial charge in [-0.2, -0.15) is 0 Å². The minimum Gasteiger partial charge on any atom is -0.379 e. The molecule has 1 heterocycles. The molecule has 1 aromatic carbocycles. The summed E-state index contributed by atoms with van der Waals surface area (Å²) in [4.78, 5) is 14.3. The lowest BCUT2D eigenvalue weighted by molar-refractivity contribution is -0.135. The number of hydrogen-bond donors (Lipinski definition) is 1. The number of nitrogens with one attached hydrogen (secondary N) is 1. The Morgan fingerprint density at radius 3 is 2.95 bits per heavy atom. The summed E-state index contributed by atoms with van der Waals surface area (Å²) in [5.74, 6) is 0.0970. The molecule has 110 valence electrons. The smallest absolute Gasteiger partial charge is 0.229 e. The fraction of sp³-hybridized carbons (Fsp3) is 0.562. The predicted molar refractivity (Wildman–Crippen MR) is 79.4 cm³/mol. The van der Waals surface area contributed by atoms with E-state index < -0.39 is 0 Å². The highest BCUT2D eigenvalue weighted by atomic mass is 16.5. The van der Waals surface area contributed by atoms with Crippen molar-refractivity contribution in [3.8, 4) is 0 Å². The molecule has 4 heteroatoms. The number of carbonyl (C=O) groups excluding carboxylic acids is 1. The first kappa shape index (κ1) is 15.0. The zero-order chi connectivity index (χ0) is 14.5. The summed E-state index contributed by atoms with van der Waals surface area (Å²) in [6.45, 7) is 6.78. The zero-order valence-corrected chi connectivity index (χ0v) is 12.6. The van der Waals surface area contributed by atoms with Crippen LogP contribution in [0.4, 0.5) is 0 Å². The summed E-state index contributed by atoms with van der Waals surface area (Å²) in [6, 6.07) is 8.42. The molecule has 0 radical (unpaired) electrons. The average molecular weight is 276 g/mol. The van der Waals surface area contributed by atoms with Crippen molar-refractivity contribution in [3.05, 3.63) is 35.4 Å². The van der Waals surface area contributed by atoms with Crippen molar-refractivity contribution < 1.29 is 9.53 Å². The van der Waals surface area contributed by atoms with Crippen molar-refractivity contribution in [2.24, 2.45) is 5.92 Å². The number of likely N-dealkylation sites (N-methyl/N-ethyl adjacent to an activating group) is 1. The number of benzene rings is 1. The van der Waals surface area contributed by atoms with Gasteiger partial charge in [-0.05, 0) is 19.0 Å². The molecule has 2 atom stereocenters. The third-order valence-corrected chi connectivity index (χ3v) is 3.74. The quantitative estimate of drug-likeness (QED) is 0.888. The lowest BCUT2D eigenvalue weighted by atomic mass is 10.0. The first-order valence-corrected chi connectivity index (χ1v) is 7.23. The first-order valence-electron chi connectivity index (χ1n) is 7.23. The third-order valence-electron chi connectivity index (χ3n) is 3.74. The topological polar surface area (TPSA) is 41.6 Å². The van der Waals surface area contributed by atoms with E-state index in [0.29, 0.717) is 19.8 Å². The maximum Gasteiger partial charge on any atom is 0.229 e. The summed E-state index contributed by atoms with van der Waals surface area (Å²) in [5.41, 5.74) is 2.39. The normalized spacial score (nSPS) is 21.9. The number of nitrogens with zero attached hydrogens (tertiary/aromatic N) is 1. The molecule has 0 aromatic heterocycles. The van der Waals surface area contributed by atoms with E-state index in [9.17, 15) is 4.79 Å². The minimum absolute atomic E-state index is 0.0650. The summed E-state index contributed by atoms with van der Waals surface area (Å²) in [5, 5.41) is 3.33. The Morgan fingerprint density at radius 1 is 1.45 bits per heavy atom. The van der Waals surface area contributed by atoms with Crippen molar-refractivity contribution in [2.75, 3.05) is 26.8 Å². The van der Waals surface area contributed by atoms with Crippen LogP contribution in [-0.4, -0.2) is 43.7 Å². The second-order valence-corrected chi connectivity index (χ2v) is 5.49. The average Bonchev–Trinajstić information content (AvgIpc) is 2.86. The van der Waals surface area contributed by atoms with Crippen LogP contribution >= 0.6 is 0 Å². The highest BCUT2D eigenvalue weighted by Gasteiger charge is 2.35. The van der Waals surface area contributed by atoms with Crippen LogP contribution in [0.2, 0.25) is 0 Å². The summed E-state index contributed by atoms with van der Waals surface area (Å²) in [7, 11) is 1.87. The number of carbonyl (C=O) groups is 1. The van der Waals surface area contributed by atoms with Crippen molar-refractivity contribution >= 4 is 5.91 Å². The van der Waals surface area contributed by atoms with Gasteiger partial charge in [0.05, 0.1) is 19.1 Å². The maximum atomic E-state index is 12.5. The number of hydrogen-bond acceptors (Lipinski definition) is 3. The molecule has 0 bridgehead atoms. The Labute approximate surface area is 121 Å². The minimum atomic E-state index is -0.0650. The Bertz CT molecular complexity index is 462. The monoisotopic (exact) mass is 276 g/mol. The van der Waals surface area contributed by atoms with Crippen LogP contribution in [0.3, 0.4) is 0 Å². The van der Waals surface area contributed by atoms with Gasteiger partial charge in [-0.1, -0.05) is 36.8 Å². The molecular formula is C16H24N2O2. The highest BCUT2D eigenvalue weighted by Crippen LogP contribution is 2.17. The third kappa shape index (κ3) is 3.58. The van der Waals surface area contributed by atoms with E-state index in [0.717, 1.165) is 6.54 Å². The van der Waals surface area contributed by atoms with E-state index in [1.165, 1.54) is 11.1 Å². The Hall–Kier alpha value is -1.39. The first-order chi connectivity index (χ1) is 9.61. The molecule has 1 N–H and O–H groups in total. The van der Waals surface area contributed by atoms with E-state index in [1.54, 1.807) is 4.90 Å². The number of aryl methyl sites for hydroxylation is 1. The van der Waals surface area contributed by atoms with Gasteiger partial charge in [0.25, 0.3) is 0 Å². The lowest BCUT2D eigenvalue weighted by Gasteiger charge is -2.24. The fourth-order valence-corrected chi connectivity index (χ4v) is 2.71. The van der Waals surface area contributed by atoms with E-state index in [4.69, 9.17) is 4.74 Å². The van der Waals surface area contributed by atoms with Gasteiger partial charge in [-0.3, -0.25) is 4.79 Å². The molecule has 2 rings (SSSR count). The van der Waals surface area contributed by atoms with Crippen LogP contribution in [0.25, 0.3) is 0 Å². The van der Waals surface area contributed by atoms with Gasteiger partial charge < -0.3 is 15.0 Å². The van der Waals surface area contributed by atoms with Crippen LogP contribution in [0.15, 0.2) is 24.3 Å². The second kappa shape index (κ2) is 6.86. The van der Waals surface area contributed by atoms with Crippen LogP contribution in [0, 0.1) is 12.8 Å². The Morgan fingerprint density at radius 2 is 2.25 bits per heavy atom. The van der Waals surface area contributed by atoms with E-state index in [2.05, 4.69) is 37.4 Å². The molecule has 1 aromatic rings. The van der Waals surface area contributed by atoms with Gasteiger partial charge in [-0.25, -0.2) is 0 Å². The van der Waals surface area contributed by atoms with Crippen LogP contribution in [0.5, 0.6) is 0 Å². The molecule has 0 spiro atoms. The number of amides is 1. The Balaban J connectivity index is 1.98. The molecule has 1 saturated heterocycles. The zero-order valence-electron chi connectivity index (χ0n) is 12.6. The van der Waals surface area contributed by atoms with Gasteiger partial charge >= 0.3 is 0 Å². The van der Waals surface area contributed by atoms with Gasteiger partial charge in [0.1, 0.15) is 0 Å². The van der Waals surface area contributed by atoms with Crippen molar-refractivity contribution in [1.29, 1.82) is 0 Å².